The maximum Gasteiger partial charge on any atom is 0.321 e. The summed E-state index contributed by atoms with van der Waals surface area (Å²) in [5.74, 6) is 0.927. The largest absolute Gasteiger partial charge is 0.325 e. The van der Waals surface area contributed by atoms with Crippen molar-refractivity contribution in [1.82, 2.24) is 4.90 Å². The van der Waals surface area contributed by atoms with E-state index in [1.165, 1.54) is 5.56 Å². The van der Waals surface area contributed by atoms with Gasteiger partial charge in [0.2, 0.25) is 0 Å². The van der Waals surface area contributed by atoms with Gasteiger partial charge in [0.15, 0.2) is 0 Å². The molecule has 17 heavy (non-hydrogen) atoms. The minimum atomic E-state index is 0.0380. The average Bonchev–Trinajstić information content (AvgIpc) is 2.85. The summed E-state index contributed by atoms with van der Waals surface area (Å²) in [7, 11) is 0. The van der Waals surface area contributed by atoms with Gasteiger partial charge in [-0.25, -0.2) is 4.79 Å². The van der Waals surface area contributed by atoms with Crippen LogP contribution in [-0.2, 0) is 5.75 Å². The second-order valence-corrected chi connectivity index (χ2v) is 5.08. The predicted molar refractivity (Wildman–Crippen MR) is 73.5 cm³/mol. The van der Waals surface area contributed by atoms with E-state index >= 15 is 0 Å². The van der Waals surface area contributed by atoms with Gasteiger partial charge in [-0.05, 0) is 30.7 Å². The Balaban J connectivity index is 2.04. The Morgan fingerprint density at radius 3 is 2.76 bits per heavy atom. The van der Waals surface area contributed by atoms with Crippen LogP contribution in [0.25, 0.3) is 0 Å². The normalized spacial score (nSPS) is 15.0. The number of likely N-dealkylation sites (tertiary alicyclic amines) is 1. The van der Waals surface area contributed by atoms with Crippen LogP contribution in [0.1, 0.15) is 18.4 Å². The number of carbonyl (C=O) groups is 1. The van der Waals surface area contributed by atoms with Crippen molar-refractivity contribution in [3.05, 3.63) is 29.8 Å². The van der Waals surface area contributed by atoms with E-state index in [9.17, 15) is 4.79 Å². The minimum Gasteiger partial charge on any atom is -0.325 e. The van der Waals surface area contributed by atoms with Gasteiger partial charge >= 0.3 is 6.03 Å². The molecule has 1 fully saturated rings. The first-order valence-corrected chi connectivity index (χ1v) is 7.33. The molecule has 1 aliphatic heterocycles. The molecule has 1 saturated heterocycles. The molecule has 92 valence electrons. The van der Waals surface area contributed by atoms with E-state index in [1.54, 1.807) is 11.8 Å². The van der Waals surface area contributed by atoms with Crippen LogP contribution in [0.5, 0.6) is 0 Å². The maximum absolute atomic E-state index is 12.0. The van der Waals surface area contributed by atoms with Crippen LogP contribution in [0.4, 0.5) is 10.5 Å². The fourth-order valence-corrected chi connectivity index (χ4v) is 2.60. The van der Waals surface area contributed by atoms with Crippen LogP contribution in [0, 0.1) is 0 Å². The molecule has 0 atom stereocenters. The van der Waals surface area contributed by atoms with Gasteiger partial charge in [0.05, 0.1) is 0 Å². The minimum absolute atomic E-state index is 0.0380. The molecule has 0 aromatic heterocycles. The third-order valence-electron chi connectivity index (χ3n) is 2.95. The molecule has 2 rings (SSSR count). The third kappa shape index (κ3) is 3.16. The second-order valence-electron chi connectivity index (χ2n) is 4.21. The fourth-order valence-electron chi connectivity index (χ4n) is 2.04. The number of hydrogen-bond donors (Lipinski definition) is 1. The quantitative estimate of drug-likeness (QED) is 0.893. The zero-order valence-corrected chi connectivity index (χ0v) is 10.9. The molecule has 1 aliphatic rings. The van der Waals surface area contributed by atoms with Gasteiger partial charge in [-0.15, -0.1) is 0 Å². The zero-order chi connectivity index (χ0) is 12.1. The highest BCUT2D eigenvalue weighted by Crippen LogP contribution is 2.20. The molecule has 3 nitrogen and oxygen atoms in total. The van der Waals surface area contributed by atoms with Gasteiger partial charge in [-0.2, -0.15) is 11.8 Å². The Hall–Kier alpha value is -1.16. The van der Waals surface area contributed by atoms with Crippen LogP contribution < -0.4 is 5.32 Å². The molecule has 0 unspecified atom stereocenters. The smallest absolute Gasteiger partial charge is 0.321 e. The van der Waals surface area contributed by atoms with Gasteiger partial charge in [-0.3, -0.25) is 0 Å². The summed E-state index contributed by atoms with van der Waals surface area (Å²) in [5.41, 5.74) is 2.13. The number of para-hydroxylation sites is 1. The Kier molecular flexibility index (Phi) is 4.31. The second kappa shape index (κ2) is 5.96. The Morgan fingerprint density at radius 2 is 2.06 bits per heavy atom. The standard InChI is InChI=1S/C13H18N2OS/c1-17-10-11-6-2-3-7-12(11)14-13(16)15-8-4-5-9-15/h2-3,6-7H,4-5,8-10H2,1H3,(H,14,16). The van der Waals surface area contributed by atoms with Gasteiger partial charge in [-0.1, -0.05) is 18.2 Å². The molecule has 0 aliphatic carbocycles. The van der Waals surface area contributed by atoms with Crippen molar-refractivity contribution < 1.29 is 4.79 Å². The molecule has 4 heteroatoms. The lowest BCUT2D eigenvalue weighted by Gasteiger charge is -2.17. The van der Waals surface area contributed by atoms with Gasteiger partial charge in [0.1, 0.15) is 0 Å². The monoisotopic (exact) mass is 250 g/mol. The summed E-state index contributed by atoms with van der Waals surface area (Å²) in [6.07, 6.45) is 4.32. The summed E-state index contributed by atoms with van der Waals surface area (Å²) >= 11 is 1.76. The number of hydrogen-bond acceptors (Lipinski definition) is 2. The Labute approximate surface area is 107 Å². The van der Waals surface area contributed by atoms with Gasteiger partial charge in [0.25, 0.3) is 0 Å². The SMILES string of the molecule is CSCc1ccccc1NC(=O)N1CCCC1. The van der Waals surface area contributed by atoms with Crippen molar-refractivity contribution in [3.63, 3.8) is 0 Å². The first-order chi connectivity index (χ1) is 8.31. The first kappa shape index (κ1) is 12.3. The van der Waals surface area contributed by atoms with Crippen molar-refractivity contribution in [2.24, 2.45) is 0 Å². The fraction of sp³-hybridized carbons (Fsp3) is 0.462. The lowest BCUT2D eigenvalue weighted by Crippen LogP contribution is -2.32. The summed E-state index contributed by atoms with van der Waals surface area (Å²) < 4.78 is 0. The van der Waals surface area contributed by atoms with Gasteiger partial charge < -0.3 is 10.2 Å². The summed E-state index contributed by atoms with van der Waals surface area (Å²) in [6.45, 7) is 1.77. The molecule has 0 saturated carbocycles. The number of thioether (sulfide) groups is 1. The van der Waals surface area contributed by atoms with Crippen molar-refractivity contribution >= 4 is 23.5 Å². The maximum atomic E-state index is 12.0. The number of benzene rings is 1. The third-order valence-corrected chi connectivity index (χ3v) is 3.55. The van der Waals surface area contributed by atoms with Crippen molar-refractivity contribution in [3.8, 4) is 0 Å². The van der Waals surface area contributed by atoms with E-state index in [2.05, 4.69) is 17.6 Å². The Morgan fingerprint density at radius 1 is 1.35 bits per heavy atom. The first-order valence-electron chi connectivity index (χ1n) is 5.94. The van der Waals surface area contributed by atoms with E-state index < -0.39 is 0 Å². The highest BCUT2D eigenvalue weighted by molar-refractivity contribution is 7.97. The number of nitrogens with one attached hydrogen (secondary N) is 1. The average molecular weight is 250 g/mol. The van der Waals surface area contributed by atoms with Crippen LogP contribution in [-0.4, -0.2) is 30.3 Å². The van der Waals surface area contributed by atoms with Crippen molar-refractivity contribution in [1.29, 1.82) is 0 Å². The van der Waals surface area contributed by atoms with Crippen molar-refractivity contribution in [2.75, 3.05) is 24.7 Å². The predicted octanol–water partition coefficient (Wildman–Crippen LogP) is 3.18. The van der Waals surface area contributed by atoms with Crippen LogP contribution in [0.3, 0.4) is 0 Å². The zero-order valence-electron chi connectivity index (χ0n) is 10.1. The molecule has 1 aromatic carbocycles. The van der Waals surface area contributed by atoms with Gasteiger partial charge in [0, 0.05) is 24.5 Å². The molecule has 0 spiro atoms. The number of anilines is 1. The van der Waals surface area contributed by atoms with Crippen LogP contribution >= 0.6 is 11.8 Å². The van der Waals surface area contributed by atoms with Crippen molar-refractivity contribution in [2.45, 2.75) is 18.6 Å². The molecular weight excluding hydrogens is 232 g/mol. The number of carbonyl (C=O) groups excluding carboxylic acids is 1. The molecule has 2 amide bonds. The highest BCUT2D eigenvalue weighted by Gasteiger charge is 2.18. The van der Waals surface area contributed by atoms with E-state index in [1.807, 2.05) is 23.1 Å². The highest BCUT2D eigenvalue weighted by atomic mass is 32.2. The van der Waals surface area contributed by atoms with Crippen LogP contribution in [0.15, 0.2) is 24.3 Å². The molecule has 1 N–H and O–H groups in total. The van der Waals surface area contributed by atoms with E-state index in [0.29, 0.717) is 0 Å². The van der Waals surface area contributed by atoms with E-state index in [-0.39, 0.29) is 6.03 Å². The lowest BCUT2D eigenvalue weighted by atomic mass is 10.2. The number of rotatable bonds is 3. The molecular formula is C13H18N2OS. The van der Waals surface area contributed by atoms with Crippen LogP contribution in [0.2, 0.25) is 0 Å². The lowest BCUT2D eigenvalue weighted by molar-refractivity contribution is 0.222. The molecule has 0 radical (unpaired) electrons. The van der Waals surface area contributed by atoms with E-state index in [0.717, 1.165) is 37.4 Å². The number of nitrogens with zero attached hydrogens (tertiary/aromatic N) is 1. The summed E-state index contributed by atoms with van der Waals surface area (Å²) in [5, 5.41) is 3.01. The summed E-state index contributed by atoms with van der Waals surface area (Å²) in [6, 6.07) is 8.05. The number of urea groups is 1. The molecule has 1 aromatic rings. The van der Waals surface area contributed by atoms with E-state index in [4.69, 9.17) is 0 Å². The molecule has 1 heterocycles. The topological polar surface area (TPSA) is 32.3 Å². The summed E-state index contributed by atoms with van der Waals surface area (Å²) in [4.78, 5) is 13.9. The molecule has 0 bridgehead atoms. The number of amides is 2. The Bertz CT molecular complexity index is 389.